The van der Waals surface area contributed by atoms with Crippen LogP contribution in [0.25, 0.3) is 0 Å². The lowest BCUT2D eigenvalue weighted by Gasteiger charge is -1.91. The molecule has 1 aromatic heterocycles. The number of thiol groups is 1. The fourth-order valence-electron chi connectivity index (χ4n) is 0.723. The van der Waals surface area contributed by atoms with Gasteiger partial charge in [-0.05, 0) is 0 Å². The Bertz CT molecular complexity index is 203. The van der Waals surface area contributed by atoms with E-state index in [-0.39, 0.29) is 24.0 Å². The molecule has 1 nitrogen and oxygen atoms in total. The van der Waals surface area contributed by atoms with Gasteiger partial charge in [0.05, 0.1) is 5.75 Å². The van der Waals surface area contributed by atoms with E-state index in [2.05, 4.69) is 23.3 Å². The van der Waals surface area contributed by atoms with Crippen molar-refractivity contribution in [2.24, 2.45) is 7.05 Å². The molecule has 0 aliphatic heterocycles. The summed E-state index contributed by atoms with van der Waals surface area (Å²) < 4.78 is 2.06. The van der Waals surface area contributed by atoms with Crippen LogP contribution in [0.5, 0.6) is 0 Å². The quantitative estimate of drug-likeness (QED) is 0.339. The van der Waals surface area contributed by atoms with Crippen LogP contribution in [0.1, 0.15) is 5.69 Å². The molecule has 1 rings (SSSR count). The molecule has 0 aliphatic rings. The molecule has 0 aromatic carbocycles. The van der Waals surface area contributed by atoms with E-state index in [1.165, 1.54) is 5.69 Å². The van der Waals surface area contributed by atoms with Crippen molar-refractivity contribution in [1.82, 2.24) is 0 Å². The number of hydrogen-bond donors (Lipinski definition) is 1. The largest absolute Gasteiger partial charge is 1.00 e. The van der Waals surface area contributed by atoms with Gasteiger partial charge in [0.25, 0.3) is 0 Å². The molecule has 0 spiro atoms. The number of pyridine rings is 1. The maximum absolute atomic E-state index is 4.16. The predicted octanol–water partition coefficient (Wildman–Crippen LogP) is -2.06. The normalized spacial score (nSPS) is 8.60. The molecule has 3 heteroatoms. The Morgan fingerprint density at radius 3 is 2.60 bits per heavy atom. The second-order valence-electron chi connectivity index (χ2n) is 1.96. The van der Waals surface area contributed by atoms with Crippen molar-refractivity contribution < 1.29 is 28.5 Å². The van der Waals surface area contributed by atoms with Crippen LogP contribution in [0.4, 0.5) is 0 Å². The number of aromatic nitrogens is 1. The predicted molar refractivity (Wildman–Crippen MR) is 40.3 cm³/mol. The van der Waals surface area contributed by atoms with Crippen LogP contribution in [-0.2, 0) is 12.8 Å². The summed E-state index contributed by atoms with van der Waals surface area (Å²) in [6.07, 6.45) is 2.02. The molecule has 1 aromatic rings. The number of nitrogens with zero attached hydrogens (tertiary/aromatic N) is 1. The monoisotopic (exact) mass is 267 g/mol. The summed E-state index contributed by atoms with van der Waals surface area (Å²) in [7, 11) is 2.02. The number of halogens is 1. The van der Waals surface area contributed by atoms with Crippen molar-refractivity contribution in [1.29, 1.82) is 0 Å². The molecule has 10 heavy (non-hydrogen) atoms. The third-order valence-electron chi connectivity index (χ3n) is 1.32. The highest BCUT2D eigenvalue weighted by Gasteiger charge is 1.98. The Labute approximate surface area is 83.9 Å². The van der Waals surface area contributed by atoms with Gasteiger partial charge in [-0.2, -0.15) is 12.6 Å². The Morgan fingerprint density at radius 1 is 1.50 bits per heavy atom. The van der Waals surface area contributed by atoms with E-state index in [0.717, 1.165) is 5.75 Å². The van der Waals surface area contributed by atoms with E-state index in [9.17, 15) is 0 Å². The molecule has 0 saturated carbocycles. The molecule has 0 fully saturated rings. The maximum Gasteiger partial charge on any atom is 0.190 e. The minimum absolute atomic E-state index is 0. The highest BCUT2D eigenvalue weighted by molar-refractivity contribution is 7.79. The molecule has 0 aliphatic carbocycles. The average Bonchev–Trinajstić information content (AvgIpc) is 1.89. The molecule has 0 bridgehead atoms. The smallest absolute Gasteiger partial charge is 0.190 e. The van der Waals surface area contributed by atoms with Gasteiger partial charge in [-0.3, -0.25) is 0 Å². The summed E-state index contributed by atoms with van der Waals surface area (Å²) in [5, 5.41) is 0. The van der Waals surface area contributed by atoms with Gasteiger partial charge < -0.3 is 24.0 Å². The second-order valence-corrected chi connectivity index (χ2v) is 2.28. The second kappa shape index (κ2) is 4.96. The zero-order valence-electron chi connectivity index (χ0n) is 5.79. The molecule has 0 N–H and O–H groups in total. The highest BCUT2D eigenvalue weighted by Crippen LogP contribution is 1.93. The van der Waals surface area contributed by atoms with Gasteiger partial charge in [0.15, 0.2) is 11.9 Å². The van der Waals surface area contributed by atoms with Gasteiger partial charge in [-0.25, -0.2) is 4.57 Å². The average molecular weight is 267 g/mol. The maximum atomic E-state index is 4.16. The van der Waals surface area contributed by atoms with Crippen LogP contribution in [0.3, 0.4) is 0 Å². The summed E-state index contributed by atoms with van der Waals surface area (Å²) in [5.41, 5.74) is 1.24. The first-order valence-electron chi connectivity index (χ1n) is 2.89. The van der Waals surface area contributed by atoms with Crippen LogP contribution in [0, 0.1) is 0 Å². The highest BCUT2D eigenvalue weighted by atomic mass is 127. The van der Waals surface area contributed by atoms with Crippen molar-refractivity contribution in [3.63, 3.8) is 0 Å². The molecular weight excluding hydrogens is 257 g/mol. The lowest BCUT2D eigenvalue weighted by atomic mass is 10.4. The SMILES string of the molecule is C[n+]1ccccc1CS.[I-]. The zero-order chi connectivity index (χ0) is 6.69. The zero-order valence-corrected chi connectivity index (χ0v) is 8.84. The fraction of sp³-hybridized carbons (Fsp3) is 0.286. The van der Waals surface area contributed by atoms with Crippen LogP contribution in [-0.4, -0.2) is 0 Å². The topological polar surface area (TPSA) is 3.88 Å². The first kappa shape index (κ1) is 10.2. The van der Waals surface area contributed by atoms with Crippen LogP contribution < -0.4 is 28.5 Å². The first-order valence-corrected chi connectivity index (χ1v) is 3.52. The standard InChI is InChI=1S/C7H9NS.HI/c1-8-5-3-2-4-7(8)6-9;/h2-5H,6H2,1H3;1H. The third-order valence-corrected chi connectivity index (χ3v) is 1.65. The van der Waals surface area contributed by atoms with E-state index >= 15 is 0 Å². The van der Waals surface area contributed by atoms with Crippen LogP contribution >= 0.6 is 12.6 Å². The first-order chi connectivity index (χ1) is 4.34. The van der Waals surface area contributed by atoms with E-state index < -0.39 is 0 Å². The minimum atomic E-state index is 0. The van der Waals surface area contributed by atoms with Crippen molar-refractivity contribution >= 4 is 12.6 Å². The minimum Gasteiger partial charge on any atom is -1.00 e. The Balaban J connectivity index is 0.000000810. The van der Waals surface area contributed by atoms with E-state index in [1.807, 2.05) is 25.4 Å². The fourth-order valence-corrected chi connectivity index (χ4v) is 1.05. The molecular formula is C7H10INS. The lowest BCUT2D eigenvalue weighted by molar-refractivity contribution is -0.678. The Hall–Kier alpha value is 0.230. The van der Waals surface area contributed by atoms with Gasteiger partial charge in [-0.15, -0.1) is 0 Å². The molecule has 1 heterocycles. The lowest BCUT2D eigenvalue weighted by Crippen LogP contribution is -3.00. The van der Waals surface area contributed by atoms with E-state index in [4.69, 9.17) is 0 Å². The van der Waals surface area contributed by atoms with E-state index in [0.29, 0.717) is 0 Å². The molecule has 0 amide bonds. The van der Waals surface area contributed by atoms with Crippen molar-refractivity contribution in [2.45, 2.75) is 5.75 Å². The molecule has 0 unspecified atom stereocenters. The molecule has 0 atom stereocenters. The number of rotatable bonds is 1. The molecule has 0 saturated heterocycles. The van der Waals surface area contributed by atoms with Crippen molar-refractivity contribution in [2.75, 3.05) is 0 Å². The van der Waals surface area contributed by atoms with Gasteiger partial charge in [0, 0.05) is 12.1 Å². The Morgan fingerprint density at radius 2 is 2.20 bits per heavy atom. The van der Waals surface area contributed by atoms with E-state index in [1.54, 1.807) is 0 Å². The number of hydrogen-bond acceptors (Lipinski definition) is 1. The van der Waals surface area contributed by atoms with Gasteiger partial charge in [0.1, 0.15) is 7.05 Å². The van der Waals surface area contributed by atoms with Gasteiger partial charge >= 0.3 is 0 Å². The van der Waals surface area contributed by atoms with Crippen molar-refractivity contribution in [3.05, 3.63) is 30.1 Å². The third kappa shape index (κ3) is 2.46. The number of aryl methyl sites for hydroxylation is 1. The van der Waals surface area contributed by atoms with Gasteiger partial charge in [-0.1, -0.05) is 6.07 Å². The summed E-state index contributed by atoms with van der Waals surface area (Å²) in [6.45, 7) is 0. The van der Waals surface area contributed by atoms with Crippen molar-refractivity contribution in [3.8, 4) is 0 Å². The van der Waals surface area contributed by atoms with Crippen LogP contribution in [0.15, 0.2) is 24.4 Å². The summed E-state index contributed by atoms with van der Waals surface area (Å²) in [4.78, 5) is 0. The molecule has 0 radical (unpaired) electrons. The van der Waals surface area contributed by atoms with Gasteiger partial charge in [0.2, 0.25) is 0 Å². The van der Waals surface area contributed by atoms with Crippen LogP contribution in [0.2, 0.25) is 0 Å². The summed E-state index contributed by atoms with van der Waals surface area (Å²) in [6, 6.07) is 6.09. The molecule has 56 valence electrons. The summed E-state index contributed by atoms with van der Waals surface area (Å²) >= 11 is 4.16. The Kier molecular flexibility index (Phi) is 5.07. The summed E-state index contributed by atoms with van der Waals surface area (Å²) in [5.74, 6) is 0.803.